The first-order valence-electron chi connectivity index (χ1n) is 14.1. The first-order chi connectivity index (χ1) is 17.5. The summed E-state index contributed by atoms with van der Waals surface area (Å²) >= 11 is 0. The van der Waals surface area contributed by atoms with E-state index in [0.29, 0.717) is 18.8 Å². The molecule has 1 aromatic carbocycles. The Hall–Kier alpha value is -2.67. The van der Waals surface area contributed by atoms with Crippen molar-refractivity contribution >= 4 is 5.97 Å². The first kappa shape index (κ1) is 27.9. The van der Waals surface area contributed by atoms with E-state index in [1.807, 2.05) is 19.1 Å². The van der Waals surface area contributed by atoms with Gasteiger partial charge in [0.05, 0.1) is 13.2 Å². The van der Waals surface area contributed by atoms with Gasteiger partial charge < -0.3 is 13.9 Å². The van der Waals surface area contributed by atoms with E-state index in [9.17, 15) is 4.79 Å². The van der Waals surface area contributed by atoms with Crippen molar-refractivity contribution in [2.24, 2.45) is 0 Å². The molecule has 196 valence electrons. The third kappa shape index (κ3) is 7.42. The number of benzene rings is 1. The average Bonchev–Trinajstić information content (AvgIpc) is 3.35. The number of hydrogen-bond acceptors (Lipinski definition) is 4. The van der Waals surface area contributed by atoms with Gasteiger partial charge in [0, 0.05) is 29.4 Å². The summed E-state index contributed by atoms with van der Waals surface area (Å²) in [7, 11) is 0. The highest BCUT2D eigenvalue weighted by Crippen LogP contribution is 2.44. The quantitative estimate of drug-likeness (QED) is 0.162. The Morgan fingerprint density at radius 3 is 2.53 bits per heavy atom. The molecule has 1 aliphatic rings. The molecule has 0 aliphatic carbocycles. The van der Waals surface area contributed by atoms with E-state index >= 15 is 0 Å². The number of furan rings is 1. The monoisotopic (exact) mass is 492 g/mol. The lowest BCUT2D eigenvalue weighted by atomic mass is 9.71. The van der Waals surface area contributed by atoms with Crippen molar-refractivity contribution in [3.05, 3.63) is 52.5 Å². The van der Waals surface area contributed by atoms with Crippen LogP contribution in [0, 0.1) is 11.8 Å². The molecule has 0 unspecified atom stereocenters. The van der Waals surface area contributed by atoms with Crippen LogP contribution in [0.1, 0.15) is 120 Å². The van der Waals surface area contributed by atoms with Crippen LogP contribution < -0.4 is 4.74 Å². The molecule has 0 atom stereocenters. The van der Waals surface area contributed by atoms with Gasteiger partial charge in [-0.1, -0.05) is 46.0 Å². The third-order valence-corrected chi connectivity index (χ3v) is 7.61. The van der Waals surface area contributed by atoms with Crippen LogP contribution in [-0.4, -0.2) is 19.2 Å². The Kier molecular flexibility index (Phi) is 11.0. The average molecular weight is 493 g/mol. The number of rotatable bonds is 13. The second kappa shape index (κ2) is 14.2. The number of fused-ring (bicyclic) bond motifs is 1. The van der Waals surface area contributed by atoms with Crippen molar-refractivity contribution < 1.29 is 18.7 Å². The standard InChI is InChI=1S/C32H44O4/c1-5-9-10-11-14-25-24-30-29(32(6-2,7-3)21-22-35-30)23-26(25)17-18-28-20-19-27(36-28)15-12-13-16-31(33)34-8-4/h19-20,23-24H,5-16,21-22H2,1-4H3. The molecule has 4 nitrogen and oxygen atoms in total. The van der Waals surface area contributed by atoms with E-state index in [-0.39, 0.29) is 11.4 Å². The summed E-state index contributed by atoms with van der Waals surface area (Å²) in [5.74, 6) is 9.28. The zero-order valence-corrected chi connectivity index (χ0v) is 22.8. The van der Waals surface area contributed by atoms with Crippen molar-refractivity contribution in [1.29, 1.82) is 0 Å². The van der Waals surface area contributed by atoms with Crippen LogP contribution in [-0.2, 0) is 27.8 Å². The Balaban J connectivity index is 1.77. The first-order valence-corrected chi connectivity index (χ1v) is 14.1. The van der Waals surface area contributed by atoms with Crippen LogP contribution in [0.15, 0.2) is 28.7 Å². The highest BCUT2D eigenvalue weighted by Gasteiger charge is 2.35. The Morgan fingerprint density at radius 1 is 0.972 bits per heavy atom. The molecule has 0 radical (unpaired) electrons. The fourth-order valence-electron chi connectivity index (χ4n) is 5.21. The molecule has 1 aliphatic heterocycles. The summed E-state index contributed by atoms with van der Waals surface area (Å²) in [6, 6.07) is 8.53. The fourth-order valence-corrected chi connectivity index (χ4v) is 5.21. The lowest BCUT2D eigenvalue weighted by Gasteiger charge is -2.38. The summed E-state index contributed by atoms with van der Waals surface area (Å²) in [6.45, 7) is 9.90. The molecule has 2 aromatic rings. The molecule has 0 spiro atoms. The molecule has 0 fully saturated rings. The highest BCUT2D eigenvalue weighted by molar-refractivity contribution is 5.69. The minimum Gasteiger partial charge on any atom is -0.493 e. The number of esters is 1. The summed E-state index contributed by atoms with van der Waals surface area (Å²) in [5.41, 5.74) is 3.88. The maximum atomic E-state index is 11.5. The summed E-state index contributed by atoms with van der Waals surface area (Å²) in [6.07, 6.45) is 12.2. The zero-order chi connectivity index (χ0) is 25.8. The van der Waals surface area contributed by atoms with Gasteiger partial charge in [-0.25, -0.2) is 0 Å². The van der Waals surface area contributed by atoms with E-state index in [1.165, 1.54) is 36.8 Å². The van der Waals surface area contributed by atoms with Gasteiger partial charge >= 0.3 is 5.97 Å². The second-order valence-electron chi connectivity index (χ2n) is 9.93. The molecule has 36 heavy (non-hydrogen) atoms. The molecule has 1 aromatic heterocycles. The van der Waals surface area contributed by atoms with Gasteiger partial charge in [0.2, 0.25) is 0 Å². The van der Waals surface area contributed by atoms with Crippen molar-refractivity contribution in [3.8, 4) is 17.6 Å². The van der Waals surface area contributed by atoms with Gasteiger partial charge in [-0.2, -0.15) is 0 Å². The summed E-state index contributed by atoms with van der Waals surface area (Å²) in [5, 5.41) is 0. The third-order valence-electron chi connectivity index (χ3n) is 7.61. The van der Waals surface area contributed by atoms with Gasteiger partial charge in [-0.3, -0.25) is 4.79 Å². The summed E-state index contributed by atoms with van der Waals surface area (Å²) < 4.78 is 17.1. The van der Waals surface area contributed by atoms with Crippen LogP contribution >= 0.6 is 0 Å². The molecule has 3 rings (SSSR count). The normalized spacial score (nSPS) is 13.9. The number of hydrogen-bond donors (Lipinski definition) is 0. The molecule has 0 amide bonds. The topological polar surface area (TPSA) is 48.7 Å². The van der Waals surface area contributed by atoms with Crippen molar-refractivity contribution in [2.45, 2.75) is 110 Å². The van der Waals surface area contributed by atoms with Crippen molar-refractivity contribution in [3.63, 3.8) is 0 Å². The van der Waals surface area contributed by atoms with E-state index in [0.717, 1.165) is 68.6 Å². The number of ether oxygens (including phenoxy) is 2. The van der Waals surface area contributed by atoms with Crippen molar-refractivity contribution in [2.75, 3.05) is 13.2 Å². The maximum absolute atomic E-state index is 11.5. The highest BCUT2D eigenvalue weighted by atomic mass is 16.5. The smallest absolute Gasteiger partial charge is 0.305 e. The molecule has 0 N–H and O–H groups in total. The minimum atomic E-state index is -0.125. The summed E-state index contributed by atoms with van der Waals surface area (Å²) in [4.78, 5) is 11.5. The number of carbonyl (C=O) groups is 1. The number of aryl methyl sites for hydroxylation is 2. The largest absolute Gasteiger partial charge is 0.493 e. The van der Waals surface area contributed by atoms with Gasteiger partial charge in [0.25, 0.3) is 0 Å². The molecule has 0 saturated carbocycles. The van der Waals surface area contributed by atoms with Gasteiger partial charge in [-0.15, -0.1) is 0 Å². The van der Waals surface area contributed by atoms with Crippen LogP contribution in [0.3, 0.4) is 0 Å². The maximum Gasteiger partial charge on any atom is 0.305 e. The Labute approximate surface area is 218 Å². The van der Waals surface area contributed by atoms with Crippen LogP contribution in [0.4, 0.5) is 0 Å². The van der Waals surface area contributed by atoms with Crippen molar-refractivity contribution in [1.82, 2.24) is 0 Å². The minimum absolute atomic E-state index is 0.125. The predicted molar refractivity (Wildman–Crippen MR) is 146 cm³/mol. The van der Waals surface area contributed by atoms with E-state index in [1.54, 1.807) is 0 Å². The second-order valence-corrected chi connectivity index (χ2v) is 9.93. The molecular weight excluding hydrogens is 448 g/mol. The van der Waals surface area contributed by atoms with E-state index in [4.69, 9.17) is 13.9 Å². The molecular formula is C32H44O4. The zero-order valence-electron chi connectivity index (χ0n) is 22.8. The Bertz CT molecular complexity index is 1030. The van der Waals surface area contributed by atoms with E-state index in [2.05, 4.69) is 44.7 Å². The molecule has 4 heteroatoms. The van der Waals surface area contributed by atoms with Gasteiger partial charge in [0.1, 0.15) is 11.5 Å². The molecule has 0 bridgehead atoms. The number of unbranched alkanes of at least 4 members (excludes halogenated alkanes) is 4. The Morgan fingerprint density at radius 2 is 1.78 bits per heavy atom. The molecule has 2 heterocycles. The predicted octanol–water partition coefficient (Wildman–Crippen LogP) is 7.92. The van der Waals surface area contributed by atoms with Crippen LogP contribution in [0.25, 0.3) is 0 Å². The van der Waals surface area contributed by atoms with E-state index < -0.39 is 0 Å². The number of carbonyl (C=O) groups excluding carboxylic acids is 1. The fraction of sp³-hybridized carbons (Fsp3) is 0.594. The van der Waals surface area contributed by atoms with Gasteiger partial charge in [-0.05, 0) is 87.6 Å². The lowest BCUT2D eigenvalue weighted by molar-refractivity contribution is -0.143. The lowest BCUT2D eigenvalue weighted by Crippen LogP contribution is -2.32. The van der Waals surface area contributed by atoms with Crippen LogP contribution in [0.2, 0.25) is 0 Å². The SMILES string of the molecule is CCCCCCc1cc2c(cc1C#Cc1ccc(CCCCC(=O)OCC)o1)C(CC)(CC)CCO2. The van der Waals surface area contributed by atoms with Gasteiger partial charge in [0.15, 0.2) is 5.76 Å². The molecule has 0 saturated heterocycles. The van der Waals surface area contributed by atoms with Crippen LogP contribution in [0.5, 0.6) is 5.75 Å².